The van der Waals surface area contributed by atoms with Gasteiger partial charge in [0.25, 0.3) is 0 Å². The number of benzene rings is 8. The molecule has 0 radical (unpaired) electrons. The highest BCUT2D eigenvalue weighted by molar-refractivity contribution is 6.13. The Labute approximate surface area is 314 Å². The molecule has 1 unspecified atom stereocenters. The molecular formula is C51H34N2O. The van der Waals surface area contributed by atoms with Crippen LogP contribution >= 0.6 is 0 Å². The third kappa shape index (κ3) is 4.58. The van der Waals surface area contributed by atoms with Crippen LogP contribution in [0.1, 0.15) is 45.1 Å². The quantitative estimate of drug-likeness (QED) is 0.199. The zero-order valence-electron chi connectivity index (χ0n) is 29.4. The SMILES string of the molecule is C1=C(c2ccc(-c3ccccc3)cc2)NC(c2ccc3c(c2)C2(c4ccccc4Oc4ccccc42)c2c-3ccc3ccccc23)N=C1c1ccccc1. The highest BCUT2D eigenvalue weighted by Gasteiger charge is 2.52. The number of nitrogens with one attached hydrogen (secondary N) is 1. The Kier molecular flexibility index (Phi) is 6.83. The predicted molar refractivity (Wildman–Crippen MR) is 220 cm³/mol. The highest BCUT2D eigenvalue weighted by Crippen LogP contribution is 2.63. The van der Waals surface area contributed by atoms with Crippen molar-refractivity contribution in [2.45, 2.75) is 11.6 Å². The van der Waals surface area contributed by atoms with E-state index in [1.54, 1.807) is 0 Å². The van der Waals surface area contributed by atoms with E-state index in [0.29, 0.717) is 0 Å². The summed E-state index contributed by atoms with van der Waals surface area (Å²) in [5.41, 5.74) is 14.5. The summed E-state index contributed by atoms with van der Waals surface area (Å²) in [4.78, 5) is 5.41. The molecule has 11 rings (SSSR count). The first-order valence-corrected chi connectivity index (χ1v) is 18.6. The highest BCUT2D eigenvalue weighted by atomic mass is 16.5. The number of ether oxygens (including phenoxy) is 1. The molecule has 1 N–H and O–H groups in total. The van der Waals surface area contributed by atoms with Gasteiger partial charge in [0.2, 0.25) is 0 Å². The molecule has 0 bridgehead atoms. The molecule has 2 heterocycles. The van der Waals surface area contributed by atoms with Crippen LogP contribution in [0.25, 0.3) is 38.7 Å². The topological polar surface area (TPSA) is 33.6 Å². The van der Waals surface area contributed by atoms with E-state index in [2.05, 4.69) is 199 Å². The molecule has 8 aromatic carbocycles. The number of para-hydroxylation sites is 2. The lowest BCUT2D eigenvalue weighted by Gasteiger charge is -2.40. The van der Waals surface area contributed by atoms with Crippen molar-refractivity contribution in [3.05, 3.63) is 233 Å². The van der Waals surface area contributed by atoms with Crippen molar-refractivity contribution in [1.29, 1.82) is 0 Å². The standard InChI is InChI=1S/C51H34N2O/c1-3-13-33(14-4-1)34-23-25-37(26-24-34)46-32-45(36-16-5-2-6-17-36)52-50(53-46)38-28-29-40-41-30-27-35-15-7-8-18-39(35)49(41)51(44(40)31-38)42-19-9-11-21-47(42)54-48-22-12-10-20-43(48)51/h1-32,50,53H. The molecule has 1 atom stereocenters. The number of nitrogens with zero attached hydrogens (tertiary/aromatic N) is 1. The van der Waals surface area contributed by atoms with Gasteiger partial charge in [-0.05, 0) is 85.1 Å². The smallest absolute Gasteiger partial charge is 0.145 e. The Morgan fingerprint density at radius 3 is 1.81 bits per heavy atom. The second-order valence-corrected chi connectivity index (χ2v) is 14.3. The van der Waals surface area contributed by atoms with E-state index in [9.17, 15) is 0 Å². The average molecular weight is 691 g/mol. The van der Waals surface area contributed by atoms with Crippen LogP contribution in [0.15, 0.2) is 199 Å². The maximum Gasteiger partial charge on any atom is 0.145 e. The van der Waals surface area contributed by atoms with Crippen LogP contribution in [0.5, 0.6) is 11.5 Å². The van der Waals surface area contributed by atoms with Gasteiger partial charge in [0.15, 0.2) is 0 Å². The lowest BCUT2D eigenvalue weighted by Crippen LogP contribution is -2.32. The van der Waals surface area contributed by atoms with Gasteiger partial charge < -0.3 is 10.1 Å². The van der Waals surface area contributed by atoms with Crippen LogP contribution in [0.3, 0.4) is 0 Å². The molecule has 0 amide bonds. The number of fused-ring (bicyclic) bond motifs is 11. The predicted octanol–water partition coefficient (Wildman–Crippen LogP) is 12.1. The maximum absolute atomic E-state index is 6.67. The fourth-order valence-corrected chi connectivity index (χ4v) is 8.96. The van der Waals surface area contributed by atoms with E-state index in [-0.39, 0.29) is 6.17 Å². The summed E-state index contributed by atoms with van der Waals surface area (Å²) in [6.07, 6.45) is 1.87. The molecule has 3 aliphatic rings. The normalized spacial score (nSPS) is 15.9. The van der Waals surface area contributed by atoms with Gasteiger partial charge in [-0.2, -0.15) is 0 Å². The van der Waals surface area contributed by atoms with Crippen molar-refractivity contribution in [3.63, 3.8) is 0 Å². The third-order valence-electron chi connectivity index (χ3n) is 11.4. The molecule has 0 fully saturated rings. The van der Waals surface area contributed by atoms with Gasteiger partial charge in [-0.15, -0.1) is 0 Å². The molecule has 254 valence electrons. The van der Waals surface area contributed by atoms with Crippen molar-refractivity contribution >= 4 is 22.2 Å². The molecular weight excluding hydrogens is 657 g/mol. The number of hydrogen-bond donors (Lipinski definition) is 1. The minimum absolute atomic E-state index is 0.317. The van der Waals surface area contributed by atoms with E-state index in [4.69, 9.17) is 9.73 Å². The van der Waals surface area contributed by atoms with Crippen LogP contribution in [0.2, 0.25) is 0 Å². The van der Waals surface area contributed by atoms with E-state index in [0.717, 1.165) is 50.7 Å². The van der Waals surface area contributed by atoms with Crippen LogP contribution in [-0.2, 0) is 5.41 Å². The second kappa shape index (κ2) is 12.0. The lowest BCUT2D eigenvalue weighted by molar-refractivity contribution is 0.437. The lowest BCUT2D eigenvalue weighted by atomic mass is 9.65. The first-order valence-electron chi connectivity index (χ1n) is 18.6. The molecule has 2 aliphatic heterocycles. The fraction of sp³-hybridized carbons (Fsp3) is 0.0392. The molecule has 0 saturated heterocycles. The molecule has 0 aromatic heterocycles. The van der Waals surface area contributed by atoms with Crippen LogP contribution in [-0.4, -0.2) is 5.71 Å². The van der Waals surface area contributed by atoms with E-state index >= 15 is 0 Å². The summed E-state index contributed by atoms with van der Waals surface area (Å²) in [5.74, 6) is 1.77. The van der Waals surface area contributed by atoms with Crippen molar-refractivity contribution in [2.24, 2.45) is 4.99 Å². The Bertz CT molecular complexity index is 2770. The molecule has 8 aromatic rings. The Morgan fingerprint density at radius 1 is 0.481 bits per heavy atom. The summed E-state index contributed by atoms with van der Waals surface area (Å²) in [6, 6.07) is 67.4. The van der Waals surface area contributed by atoms with Gasteiger partial charge in [-0.1, -0.05) is 170 Å². The van der Waals surface area contributed by atoms with Crippen LogP contribution in [0.4, 0.5) is 0 Å². The fourth-order valence-electron chi connectivity index (χ4n) is 8.96. The van der Waals surface area contributed by atoms with Gasteiger partial charge in [0.05, 0.1) is 11.1 Å². The Morgan fingerprint density at radius 2 is 1.07 bits per heavy atom. The minimum atomic E-state index is -0.598. The summed E-state index contributed by atoms with van der Waals surface area (Å²) in [6.45, 7) is 0. The summed E-state index contributed by atoms with van der Waals surface area (Å²) in [7, 11) is 0. The van der Waals surface area contributed by atoms with Gasteiger partial charge >= 0.3 is 0 Å². The Balaban J connectivity index is 1.11. The molecule has 3 heteroatoms. The van der Waals surface area contributed by atoms with Crippen molar-refractivity contribution in [3.8, 4) is 33.8 Å². The van der Waals surface area contributed by atoms with Gasteiger partial charge in [0, 0.05) is 16.8 Å². The summed E-state index contributed by atoms with van der Waals surface area (Å²) in [5, 5.41) is 6.35. The largest absolute Gasteiger partial charge is 0.457 e. The number of allylic oxidation sites excluding steroid dienone is 1. The second-order valence-electron chi connectivity index (χ2n) is 14.3. The van der Waals surface area contributed by atoms with Crippen LogP contribution in [0, 0.1) is 0 Å². The first kappa shape index (κ1) is 30.6. The molecule has 0 saturated carbocycles. The monoisotopic (exact) mass is 690 g/mol. The van der Waals surface area contributed by atoms with Gasteiger partial charge in [-0.25, -0.2) is 0 Å². The summed E-state index contributed by atoms with van der Waals surface area (Å²) < 4.78 is 6.67. The first-order chi connectivity index (χ1) is 26.8. The molecule has 1 aliphatic carbocycles. The number of hydrogen-bond acceptors (Lipinski definition) is 3. The van der Waals surface area contributed by atoms with Crippen molar-refractivity contribution in [2.75, 3.05) is 0 Å². The average Bonchev–Trinajstić information content (AvgIpc) is 3.54. The van der Waals surface area contributed by atoms with Gasteiger partial charge in [-0.3, -0.25) is 4.99 Å². The number of rotatable bonds is 4. The van der Waals surface area contributed by atoms with Crippen molar-refractivity contribution < 1.29 is 4.74 Å². The van der Waals surface area contributed by atoms with E-state index in [1.165, 1.54) is 44.2 Å². The molecule has 1 spiro atoms. The zero-order chi connectivity index (χ0) is 35.6. The zero-order valence-corrected chi connectivity index (χ0v) is 29.4. The van der Waals surface area contributed by atoms with Crippen molar-refractivity contribution in [1.82, 2.24) is 5.32 Å². The van der Waals surface area contributed by atoms with Crippen LogP contribution < -0.4 is 10.1 Å². The maximum atomic E-state index is 6.67. The molecule has 54 heavy (non-hydrogen) atoms. The molecule has 3 nitrogen and oxygen atoms in total. The van der Waals surface area contributed by atoms with E-state index < -0.39 is 5.41 Å². The van der Waals surface area contributed by atoms with E-state index in [1.807, 2.05) is 0 Å². The summed E-state index contributed by atoms with van der Waals surface area (Å²) >= 11 is 0. The third-order valence-corrected chi connectivity index (χ3v) is 11.4. The Hall–Kier alpha value is -6.97. The number of aliphatic imine (C=N–C) groups is 1. The van der Waals surface area contributed by atoms with Gasteiger partial charge in [0.1, 0.15) is 17.7 Å². The minimum Gasteiger partial charge on any atom is -0.457 e.